The summed E-state index contributed by atoms with van der Waals surface area (Å²) in [5.74, 6) is -0.893. The van der Waals surface area contributed by atoms with Gasteiger partial charge >= 0.3 is 12.1 Å². The van der Waals surface area contributed by atoms with Crippen LogP contribution in [0.1, 0.15) is 61.3 Å². The molecule has 0 spiro atoms. The number of carbonyl (C=O) groups is 2. The highest BCUT2D eigenvalue weighted by Gasteiger charge is 2.32. The van der Waals surface area contributed by atoms with Gasteiger partial charge in [-0.2, -0.15) is 0 Å². The third-order valence-electron chi connectivity index (χ3n) is 3.36. The normalized spacial score (nSPS) is 12.9. The lowest BCUT2D eigenvalue weighted by molar-refractivity contribution is -0.144. The van der Waals surface area contributed by atoms with Gasteiger partial charge in [-0.3, -0.25) is 4.79 Å². The van der Waals surface area contributed by atoms with Crippen molar-refractivity contribution in [3.05, 3.63) is 0 Å². The molecule has 6 heteroatoms. The first kappa shape index (κ1) is 20.7. The summed E-state index contributed by atoms with van der Waals surface area (Å²) >= 11 is 0. The Balaban J connectivity index is 4.51. The molecule has 0 aliphatic rings. The second kappa shape index (κ2) is 7.31. The van der Waals surface area contributed by atoms with Gasteiger partial charge in [0.2, 0.25) is 0 Å². The van der Waals surface area contributed by atoms with Crippen molar-refractivity contribution in [1.82, 2.24) is 4.90 Å². The first-order valence-corrected chi connectivity index (χ1v) is 7.49. The minimum Gasteiger partial charge on any atom is -0.481 e. The molecule has 0 aromatic heterocycles. The molecule has 0 heterocycles. The molecular formula is C16H31NO5. The van der Waals surface area contributed by atoms with E-state index in [-0.39, 0.29) is 12.5 Å². The summed E-state index contributed by atoms with van der Waals surface area (Å²) in [7, 11) is 1.69. The van der Waals surface area contributed by atoms with E-state index in [2.05, 4.69) is 0 Å². The smallest absolute Gasteiger partial charge is 0.410 e. The zero-order valence-electron chi connectivity index (χ0n) is 15.1. The van der Waals surface area contributed by atoms with Crippen molar-refractivity contribution >= 4 is 12.1 Å². The molecule has 22 heavy (non-hydrogen) atoms. The summed E-state index contributed by atoms with van der Waals surface area (Å²) in [4.78, 5) is 24.4. The first-order valence-electron chi connectivity index (χ1n) is 7.49. The van der Waals surface area contributed by atoms with E-state index in [1.54, 1.807) is 25.8 Å². The zero-order chi connectivity index (χ0) is 17.8. The molecule has 0 saturated heterocycles. The average Bonchev–Trinajstić information content (AvgIpc) is 2.22. The van der Waals surface area contributed by atoms with E-state index in [4.69, 9.17) is 14.6 Å². The molecule has 0 radical (unpaired) electrons. The number of rotatable bonds is 7. The Morgan fingerprint density at radius 2 is 1.55 bits per heavy atom. The van der Waals surface area contributed by atoms with E-state index < -0.39 is 22.7 Å². The molecule has 0 bridgehead atoms. The largest absolute Gasteiger partial charge is 0.481 e. The SMILES string of the molecule is CN(C(=O)OC(C)(C)C)C(C)(C)CCOC(C)(C)CC(=O)O. The van der Waals surface area contributed by atoms with Crippen molar-refractivity contribution in [1.29, 1.82) is 0 Å². The quantitative estimate of drug-likeness (QED) is 0.779. The molecule has 0 aliphatic carbocycles. The van der Waals surface area contributed by atoms with Crippen molar-refractivity contribution in [3.63, 3.8) is 0 Å². The monoisotopic (exact) mass is 317 g/mol. The highest BCUT2D eigenvalue weighted by atomic mass is 16.6. The molecule has 0 unspecified atom stereocenters. The van der Waals surface area contributed by atoms with Crippen LogP contribution in [0.5, 0.6) is 0 Å². The highest BCUT2D eigenvalue weighted by Crippen LogP contribution is 2.22. The molecule has 130 valence electrons. The van der Waals surface area contributed by atoms with Gasteiger partial charge in [-0.1, -0.05) is 0 Å². The van der Waals surface area contributed by atoms with Gasteiger partial charge in [0.25, 0.3) is 0 Å². The van der Waals surface area contributed by atoms with Crippen LogP contribution in [0.15, 0.2) is 0 Å². The molecule has 1 amide bonds. The predicted molar refractivity (Wildman–Crippen MR) is 85.0 cm³/mol. The minimum absolute atomic E-state index is 0.0602. The lowest BCUT2D eigenvalue weighted by Crippen LogP contribution is -2.48. The van der Waals surface area contributed by atoms with Gasteiger partial charge < -0.3 is 19.5 Å². The second-order valence-corrected chi connectivity index (χ2v) is 7.78. The van der Waals surface area contributed by atoms with E-state index in [0.717, 1.165) is 0 Å². The maximum atomic E-state index is 12.1. The highest BCUT2D eigenvalue weighted by molar-refractivity contribution is 5.68. The van der Waals surface area contributed by atoms with Crippen molar-refractivity contribution in [3.8, 4) is 0 Å². The number of nitrogens with zero attached hydrogens (tertiary/aromatic N) is 1. The number of aliphatic carboxylic acids is 1. The number of amides is 1. The molecule has 0 aromatic rings. The third-order valence-corrected chi connectivity index (χ3v) is 3.36. The van der Waals surface area contributed by atoms with Crippen LogP contribution in [-0.4, -0.2) is 52.5 Å². The van der Waals surface area contributed by atoms with Crippen molar-refractivity contribution in [2.45, 2.75) is 78.0 Å². The van der Waals surface area contributed by atoms with Crippen LogP contribution in [0.3, 0.4) is 0 Å². The maximum absolute atomic E-state index is 12.1. The Bertz CT molecular complexity index is 396. The van der Waals surface area contributed by atoms with Gasteiger partial charge in [0, 0.05) is 19.2 Å². The Hall–Kier alpha value is -1.30. The van der Waals surface area contributed by atoms with Gasteiger partial charge in [-0.25, -0.2) is 4.79 Å². The van der Waals surface area contributed by atoms with Crippen LogP contribution < -0.4 is 0 Å². The molecule has 0 atom stereocenters. The van der Waals surface area contributed by atoms with Crippen LogP contribution >= 0.6 is 0 Å². The van der Waals surface area contributed by atoms with Crippen molar-refractivity contribution in [2.75, 3.05) is 13.7 Å². The van der Waals surface area contributed by atoms with Crippen LogP contribution in [0.2, 0.25) is 0 Å². The van der Waals surface area contributed by atoms with Crippen LogP contribution in [-0.2, 0) is 14.3 Å². The fraction of sp³-hybridized carbons (Fsp3) is 0.875. The Labute approximate surface area is 133 Å². The van der Waals surface area contributed by atoms with Gasteiger partial charge in [0.05, 0.1) is 12.0 Å². The van der Waals surface area contributed by atoms with Crippen molar-refractivity contribution < 1.29 is 24.2 Å². The minimum atomic E-state index is -0.893. The van der Waals surface area contributed by atoms with Crippen LogP contribution in [0.25, 0.3) is 0 Å². The van der Waals surface area contributed by atoms with Gasteiger partial charge in [-0.15, -0.1) is 0 Å². The summed E-state index contributed by atoms with van der Waals surface area (Å²) in [6.07, 6.45) is 0.128. The van der Waals surface area contributed by atoms with E-state index >= 15 is 0 Å². The van der Waals surface area contributed by atoms with Crippen LogP contribution in [0, 0.1) is 0 Å². The van der Waals surface area contributed by atoms with E-state index in [1.165, 1.54) is 0 Å². The maximum Gasteiger partial charge on any atom is 0.410 e. The number of ether oxygens (including phenoxy) is 2. The summed E-state index contributed by atoms with van der Waals surface area (Å²) in [6, 6.07) is 0. The first-order chi connectivity index (χ1) is 9.66. The summed E-state index contributed by atoms with van der Waals surface area (Å²) in [6.45, 7) is 13.2. The molecule has 6 nitrogen and oxygen atoms in total. The zero-order valence-corrected chi connectivity index (χ0v) is 15.1. The number of carboxylic acid groups (broad SMARTS) is 1. The molecule has 0 fully saturated rings. The Morgan fingerprint density at radius 3 is 1.95 bits per heavy atom. The lowest BCUT2D eigenvalue weighted by Gasteiger charge is -2.37. The summed E-state index contributed by atoms with van der Waals surface area (Å²) in [5.41, 5.74) is -1.73. The van der Waals surface area contributed by atoms with Gasteiger partial charge in [0.1, 0.15) is 5.60 Å². The fourth-order valence-corrected chi connectivity index (χ4v) is 1.74. The molecule has 0 saturated carbocycles. The topological polar surface area (TPSA) is 76.1 Å². The number of hydrogen-bond acceptors (Lipinski definition) is 4. The summed E-state index contributed by atoms with van der Waals surface area (Å²) < 4.78 is 11.0. The van der Waals surface area contributed by atoms with E-state index in [1.807, 2.05) is 34.6 Å². The Morgan fingerprint density at radius 1 is 1.05 bits per heavy atom. The predicted octanol–water partition coefficient (Wildman–Crippen LogP) is 3.29. The van der Waals surface area contributed by atoms with Gasteiger partial charge in [0.15, 0.2) is 0 Å². The summed E-state index contributed by atoms with van der Waals surface area (Å²) in [5, 5.41) is 8.83. The lowest BCUT2D eigenvalue weighted by atomic mass is 9.99. The van der Waals surface area contributed by atoms with E-state index in [9.17, 15) is 9.59 Å². The van der Waals surface area contributed by atoms with Crippen LogP contribution in [0.4, 0.5) is 4.79 Å². The van der Waals surface area contributed by atoms with Crippen molar-refractivity contribution in [2.24, 2.45) is 0 Å². The second-order valence-electron chi connectivity index (χ2n) is 7.78. The van der Waals surface area contributed by atoms with E-state index in [0.29, 0.717) is 13.0 Å². The standard InChI is InChI=1S/C16H31NO5/c1-14(2,3)22-13(20)17(8)15(4,5)9-10-21-16(6,7)11-12(18)19/h9-11H2,1-8H3,(H,18,19). The number of carbonyl (C=O) groups excluding carboxylic acids is 1. The molecular weight excluding hydrogens is 286 g/mol. The molecule has 0 rings (SSSR count). The fourth-order valence-electron chi connectivity index (χ4n) is 1.74. The molecule has 0 aliphatic heterocycles. The molecule has 1 N–H and O–H groups in total. The number of hydrogen-bond donors (Lipinski definition) is 1. The van der Waals surface area contributed by atoms with Gasteiger partial charge in [-0.05, 0) is 54.9 Å². The average molecular weight is 317 g/mol. The molecule has 0 aromatic carbocycles. The third kappa shape index (κ3) is 8.22. The number of carboxylic acids is 1. The Kier molecular flexibility index (Phi) is 6.88.